The van der Waals surface area contributed by atoms with Crippen molar-refractivity contribution in [2.75, 3.05) is 13.2 Å². The first-order chi connectivity index (χ1) is 14.7. The van der Waals surface area contributed by atoms with E-state index in [0.717, 1.165) is 45.4 Å². The maximum absolute atomic E-state index is 6.25. The van der Waals surface area contributed by atoms with Crippen LogP contribution in [-0.4, -0.2) is 48.9 Å². The van der Waals surface area contributed by atoms with Crippen molar-refractivity contribution in [1.29, 1.82) is 0 Å². The maximum atomic E-state index is 6.25. The van der Waals surface area contributed by atoms with E-state index in [-0.39, 0.29) is 6.10 Å². The van der Waals surface area contributed by atoms with E-state index in [1.54, 1.807) is 21.6 Å². The third-order valence-corrected chi connectivity index (χ3v) is 5.29. The van der Waals surface area contributed by atoms with E-state index in [1.165, 1.54) is 0 Å². The third kappa shape index (κ3) is 2.82. The molecule has 4 aromatic heterocycles. The summed E-state index contributed by atoms with van der Waals surface area (Å²) in [5, 5.41) is 13.9. The monoisotopic (exact) mass is 402 g/mol. The molecule has 150 valence electrons. The minimum absolute atomic E-state index is 0.0225. The number of aromatic nitrogens is 6. The molecule has 1 aromatic carbocycles. The highest BCUT2D eigenvalue weighted by molar-refractivity contribution is 5.82. The van der Waals surface area contributed by atoms with Crippen molar-refractivity contribution in [2.45, 2.75) is 12.5 Å². The molecule has 0 amide bonds. The van der Waals surface area contributed by atoms with Gasteiger partial charge in [0.2, 0.25) is 5.88 Å². The van der Waals surface area contributed by atoms with Crippen LogP contribution in [0.2, 0.25) is 0 Å². The van der Waals surface area contributed by atoms with E-state index in [0.29, 0.717) is 19.1 Å². The fourth-order valence-corrected chi connectivity index (χ4v) is 3.75. The molecule has 5 heterocycles. The number of aryl methyl sites for hydroxylation is 1. The average molecular weight is 402 g/mol. The first-order valence-electron chi connectivity index (χ1n) is 9.71. The van der Waals surface area contributed by atoms with Crippen molar-refractivity contribution < 1.29 is 14.0 Å². The number of benzene rings is 1. The Labute approximate surface area is 170 Å². The first kappa shape index (κ1) is 17.2. The Hall–Kier alpha value is -3.72. The number of ether oxygens (including phenoxy) is 2. The fourth-order valence-electron chi connectivity index (χ4n) is 3.75. The summed E-state index contributed by atoms with van der Waals surface area (Å²) in [5.74, 6) is 0.538. The van der Waals surface area contributed by atoms with Crippen LogP contribution >= 0.6 is 0 Å². The molecule has 1 saturated heterocycles. The Balaban J connectivity index is 1.51. The van der Waals surface area contributed by atoms with Crippen molar-refractivity contribution in [3.8, 4) is 28.3 Å². The van der Waals surface area contributed by atoms with Gasteiger partial charge in [0.05, 0.1) is 43.1 Å². The molecule has 1 unspecified atom stereocenters. The predicted octanol–water partition coefficient (Wildman–Crippen LogP) is 3.11. The zero-order valence-corrected chi connectivity index (χ0v) is 16.2. The largest absolute Gasteiger partial charge is 0.470 e. The van der Waals surface area contributed by atoms with Crippen LogP contribution < -0.4 is 4.74 Å². The molecule has 5 aromatic rings. The lowest BCUT2D eigenvalue weighted by Crippen LogP contribution is -2.18. The second-order valence-corrected chi connectivity index (χ2v) is 7.36. The molecule has 30 heavy (non-hydrogen) atoms. The number of imidazole rings is 1. The van der Waals surface area contributed by atoms with Crippen LogP contribution in [0.25, 0.3) is 39.0 Å². The minimum atomic E-state index is -0.0225. The van der Waals surface area contributed by atoms with Crippen LogP contribution in [0.5, 0.6) is 5.88 Å². The molecular weight excluding hydrogens is 384 g/mol. The molecule has 0 aliphatic carbocycles. The molecule has 0 spiro atoms. The molecule has 1 aliphatic rings. The molecule has 0 radical (unpaired) electrons. The van der Waals surface area contributed by atoms with Crippen LogP contribution in [-0.2, 0) is 11.8 Å². The molecule has 0 bridgehead atoms. The van der Waals surface area contributed by atoms with Crippen LogP contribution in [0.1, 0.15) is 6.42 Å². The van der Waals surface area contributed by atoms with Gasteiger partial charge in [0.1, 0.15) is 6.10 Å². The van der Waals surface area contributed by atoms with Gasteiger partial charge in [-0.05, 0) is 24.3 Å². The first-order valence-corrected chi connectivity index (χ1v) is 9.71. The van der Waals surface area contributed by atoms with Crippen molar-refractivity contribution in [2.24, 2.45) is 7.05 Å². The van der Waals surface area contributed by atoms with E-state index >= 15 is 0 Å². The summed E-state index contributed by atoms with van der Waals surface area (Å²) in [6.45, 7) is 1.26. The highest BCUT2D eigenvalue weighted by atomic mass is 16.5. The Morgan fingerprint density at radius 2 is 2.10 bits per heavy atom. The number of nitrogens with zero attached hydrogens (tertiary/aromatic N) is 6. The topological polar surface area (TPSA) is 92.5 Å². The highest BCUT2D eigenvalue weighted by Gasteiger charge is 2.22. The summed E-state index contributed by atoms with van der Waals surface area (Å²) >= 11 is 0. The summed E-state index contributed by atoms with van der Waals surface area (Å²) < 4.78 is 20.5. The molecule has 1 aliphatic heterocycles. The van der Waals surface area contributed by atoms with Crippen LogP contribution in [0.15, 0.2) is 53.6 Å². The number of fused-ring (bicyclic) bond motifs is 2. The lowest BCUT2D eigenvalue weighted by atomic mass is 10.1. The quantitative estimate of drug-likeness (QED) is 0.456. The van der Waals surface area contributed by atoms with Gasteiger partial charge in [0.15, 0.2) is 11.2 Å². The second kappa shape index (κ2) is 6.67. The van der Waals surface area contributed by atoms with E-state index in [2.05, 4.69) is 15.2 Å². The molecule has 0 saturated carbocycles. The number of hydrogen-bond donors (Lipinski definition) is 0. The predicted molar refractivity (Wildman–Crippen MR) is 108 cm³/mol. The molecule has 6 rings (SSSR count). The third-order valence-electron chi connectivity index (χ3n) is 5.29. The Bertz CT molecular complexity index is 1360. The molecule has 0 N–H and O–H groups in total. The molecule has 9 nitrogen and oxygen atoms in total. The van der Waals surface area contributed by atoms with Gasteiger partial charge in [-0.3, -0.25) is 4.68 Å². The van der Waals surface area contributed by atoms with Gasteiger partial charge in [0, 0.05) is 36.2 Å². The summed E-state index contributed by atoms with van der Waals surface area (Å²) in [5.41, 5.74) is 5.08. The van der Waals surface area contributed by atoms with Gasteiger partial charge >= 0.3 is 0 Å². The lowest BCUT2D eigenvalue weighted by molar-refractivity contribution is 0.137. The number of hydrogen-bond acceptors (Lipinski definition) is 7. The van der Waals surface area contributed by atoms with Crippen molar-refractivity contribution in [3.05, 3.63) is 49.1 Å². The van der Waals surface area contributed by atoms with E-state index in [9.17, 15) is 0 Å². The standard InChI is InChI=1S/C21H18N6O3/c1-26-11-15(8-23-26)17-7-20-22-10-18(13-2-3-19-14(6-13)9-24-30-19)27(20)25-21(17)29-16-4-5-28-12-16/h2-3,6-11,16H,4-5,12H2,1H3. The molecule has 1 atom stereocenters. The Morgan fingerprint density at radius 1 is 1.13 bits per heavy atom. The normalized spacial score (nSPS) is 16.6. The van der Waals surface area contributed by atoms with Crippen molar-refractivity contribution in [3.63, 3.8) is 0 Å². The number of rotatable bonds is 4. The highest BCUT2D eigenvalue weighted by Crippen LogP contribution is 2.32. The lowest BCUT2D eigenvalue weighted by Gasteiger charge is -2.14. The zero-order chi connectivity index (χ0) is 20.1. The van der Waals surface area contributed by atoms with Gasteiger partial charge in [0.25, 0.3) is 0 Å². The summed E-state index contributed by atoms with van der Waals surface area (Å²) in [4.78, 5) is 4.58. The minimum Gasteiger partial charge on any atom is -0.470 e. The zero-order valence-electron chi connectivity index (χ0n) is 16.2. The van der Waals surface area contributed by atoms with Gasteiger partial charge in [-0.2, -0.15) is 5.10 Å². The summed E-state index contributed by atoms with van der Waals surface area (Å²) in [7, 11) is 1.88. The smallest absolute Gasteiger partial charge is 0.240 e. The molecular formula is C21H18N6O3. The van der Waals surface area contributed by atoms with Crippen LogP contribution in [0, 0.1) is 0 Å². The SMILES string of the molecule is Cn1cc(-c2cc3ncc(-c4ccc5oncc5c4)n3nc2OC2CCOC2)cn1. The fraction of sp³-hybridized carbons (Fsp3) is 0.238. The Morgan fingerprint density at radius 3 is 2.93 bits per heavy atom. The van der Waals surface area contributed by atoms with Gasteiger partial charge in [-0.1, -0.05) is 5.16 Å². The second-order valence-electron chi connectivity index (χ2n) is 7.36. The van der Waals surface area contributed by atoms with Crippen molar-refractivity contribution >= 4 is 16.6 Å². The average Bonchev–Trinajstić information content (AvgIpc) is 3.54. The summed E-state index contributed by atoms with van der Waals surface area (Å²) in [6, 6.07) is 7.86. The van der Waals surface area contributed by atoms with Gasteiger partial charge < -0.3 is 14.0 Å². The van der Waals surface area contributed by atoms with E-state index in [4.69, 9.17) is 19.1 Å². The molecule has 9 heteroatoms. The maximum Gasteiger partial charge on any atom is 0.240 e. The van der Waals surface area contributed by atoms with Crippen molar-refractivity contribution in [1.82, 2.24) is 29.5 Å². The van der Waals surface area contributed by atoms with Crippen LogP contribution in [0.4, 0.5) is 0 Å². The van der Waals surface area contributed by atoms with E-state index < -0.39 is 0 Å². The van der Waals surface area contributed by atoms with Gasteiger partial charge in [-0.25, -0.2) is 9.50 Å². The van der Waals surface area contributed by atoms with E-state index in [1.807, 2.05) is 43.7 Å². The Kier molecular flexibility index (Phi) is 3.81. The summed E-state index contributed by atoms with van der Waals surface area (Å²) in [6.07, 6.45) is 8.07. The van der Waals surface area contributed by atoms with Crippen LogP contribution in [0.3, 0.4) is 0 Å². The van der Waals surface area contributed by atoms with Gasteiger partial charge in [-0.15, -0.1) is 5.10 Å². The molecule has 1 fully saturated rings.